The van der Waals surface area contributed by atoms with Crippen LogP contribution < -0.4 is 0 Å². The van der Waals surface area contributed by atoms with Crippen molar-refractivity contribution in [3.8, 4) is 0 Å². The molecule has 0 saturated heterocycles. The maximum atomic E-state index is 11.4. The molecular weight excluding hydrogens is 199 g/mol. The van der Waals surface area contributed by atoms with E-state index in [0.29, 0.717) is 5.56 Å². The van der Waals surface area contributed by atoms with Gasteiger partial charge in [-0.3, -0.25) is 4.79 Å². The van der Waals surface area contributed by atoms with Crippen molar-refractivity contribution in [2.75, 3.05) is 0 Å². The van der Waals surface area contributed by atoms with Crippen LogP contribution >= 0.6 is 8.38 Å². The molecule has 1 rings (SSSR count). The zero-order valence-electron chi connectivity index (χ0n) is 8.40. The van der Waals surface area contributed by atoms with Crippen LogP contribution in [0.3, 0.4) is 0 Å². The second kappa shape index (κ2) is 4.18. The van der Waals surface area contributed by atoms with Crippen molar-refractivity contribution in [2.45, 2.75) is 20.8 Å². The summed E-state index contributed by atoms with van der Waals surface area (Å²) in [5, 5.41) is 0. The lowest BCUT2D eigenvalue weighted by atomic mass is 10.0. The molecule has 0 radical (unpaired) electrons. The van der Waals surface area contributed by atoms with Gasteiger partial charge in [-0.05, 0) is 31.9 Å². The summed E-state index contributed by atoms with van der Waals surface area (Å²) in [6, 6.07) is 3.72. The molecule has 0 spiro atoms. The van der Waals surface area contributed by atoms with Crippen LogP contribution in [-0.2, 0) is 0 Å². The molecule has 0 heterocycles. The molecule has 0 bridgehead atoms. The molecule has 4 heteroatoms. The molecule has 0 atom stereocenters. The van der Waals surface area contributed by atoms with Crippen LogP contribution in [0, 0.1) is 20.8 Å². The van der Waals surface area contributed by atoms with Crippen LogP contribution in [-0.4, -0.2) is 15.3 Å². The van der Waals surface area contributed by atoms with Gasteiger partial charge in [-0.2, -0.15) is 0 Å². The van der Waals surface area contributed by atoms with E-state index in [1.54, 1.807) is 13.8 Å². The standard InChI is InChI=1S/C10H13O3P/c1-6-4-7(2)9(8(3)5-6)10(11)14(12)13/h4-5,12-13H,1-3H3. The summed E-state index contributed by atoms with van der Waals surface area (Å²) in [6.45, 7) is 5.53. The third-order valence-corrected chi connectivity index (χ3v) is 2.66. The Hall–Kier alpha value is -0.760. The summed E-state index contributed by atoms with van der Waals surface area (Å²) >= 11 is 0. The van der Waals surface area contributed by atoms with Gasteiger partial charge in [0.2, 0.25) is 13.9 Å². The molecule has 1 aromatic rings. The van der Waals surface area contributed by atoms with E-state index in [2.05, 4.69) is 0 Å². The second-order valence-electron chi connectivity index (χ2n) is 3.37. The highest BCUT2D eigenvalue weighted by Crippen LogP contribution is 2.32. The second-order valence-corrected chi connectivity index (χ2v) is 4.35. The van der Waals surface area contributed by atoms with Gasteiger partial charge in [0.25, 0.3) is 0 Å². The van der Waals surface area contributed by atoms with E-state index in [1.165, 1.54) is 0 Å². The van der Waals surface area contributed by atoms with Crippen LogP contribution in [0.4, 0.5) is 0 Å². The van der Waals surface area contributed by atoms with Gasteiger partial charge < -0.3 is 9.79 Å². The summed E-state index contributed by atoms with van der Waals surface area (Å²) in [6.07, 6.45) is 0. The first-order chi connectivity index (χ1) is 6.43. The van der Waals surface area contributed by atoms with E-state index in [-0.39, 0.29) is 0 Å². The Bertz CT molecular complexity index is 349. The molecule has 14 heavy (non-hydrogen) atoms. The molecule has 0 aliphatic carbocycles. The molecule has 0 amide bonds. The van der Waals surface area contributed by atoms with Gasteiger partial charge in [0.05, 0.1) is 0 Å². The lowest BCUT2D eigenvalue weighted by Gasteiger charge is -2.10. The monoisotopic (exact) mass is 212 g/mol. The van der Waals surface area contributed by atoms with Crippen LogP contribution in [0.15, 0.2) is 12.1 Å². The lowest BCUT2D eigenvalue weighted by molar-refractivity contribution is 0.105. The number of rotatable bonds is 2. The third kappa shape index (κ3) is 2.18. The van der Waals surface area contributed by atoms with E-state index in [4.69, 9.17) is 9.79 Å². The smallest absolute Gasteiger partial charge is 0.243 e. The van der Waals surface area contributed by atoms with Crippen molar-refractivity contribution in [1.29, 1.82) is 0 Å². The average Bonchev–Trinajstić information content (AvgIpc) is 2.01. The van der Waals surface area contributed by atoms with Crippen LogP contribution in [0.2, 0.25) is 0 Å². The van der Waals surface area contributed by atoms with E-state index < -0.39 is 13.9 Å². The van der Waals surface area contributed by atoms with Gasteiger partial charge in [0.1, 0.15) is 0 Å². The Morgan fingerprint density at radius 3 is 1.93 bits per heavy atom. The Kier molecular flexibility index (Phi) is 3.38. The molecular formula is C10H13O3P. The first-order valence-corrected chi connectivity index (χ1v) is 5.48. The van der Waals surface area contributed by atoms with Crippen LogP contribution in [0.1, 0.15) is 27.0 Å². The molecule has 0 aromatic heterocycles. The van der Waals surface area contributed by atoms with E-state index in [9.17, 15) is 4.79 Å². The van der Waals surface area contributed by atoms with Crippen molar-refractivity contribution < 1.29 is 14.6 Å². The first-order valence-electron chi connectivity index (χ1n) is 4.23. The van der Waals surface area contributed by atoms with Crippen LogP contribution in [0.25, 0.3) is 0 Å². The highest BCUT2D eigenvalue weighted by atomic mass is 31.2. The van der Waals surface area contributed by atoms with Crippen molar-refractivity contribution >= 4 is 13.9 Å². The van der Waals surface area contributed by atoms with Crippen molar-refractivity contribution in [1.82, 2.24) is 0 Å². The van der Waals surface area contributed by atoms with Gasteiger partial charge in [0.15, 0.2) is 0 Å². The topological polar surface area (TPSA) is 57.5 Å². The predicted molar refractivity (Wildman–Crippen MR) is 56.3 cm³/mol. The molecule has 76 valence electrons. The molecule has 3 nitrogen and oxygen atoms in total. The van der Waals surface area contributed by atoms with Crippen molar-refractivity contribution in [3.63, 3.8) is 0 Å². The van der Waals surface area contributed by atoms with Gasteiger partial charge in [-0.1, -0.05) is 17.7 Å². The minimum Gasteiger partial charge on any atom is -0.344 e. The lowest BCUT2D eigenvalue weighted by Crippen LogP contribution is -2.03. The summed E-state index contributed by atoms with van der Waals surface area (Å²) in [5.74, 6) is 0. The predicted octanol–water partition coefficient (Wildman–Crippen LogP) is 2.05. The largest absolute Gasteiger partial charge is 0.344 e. The molecule has 0 saturated carbocycles. The van der Waals surface area contributed by atoms with E-state index in [0.717, 1.165) is 16.7 Å². The SMILES string of the molecule is Cc1cc(C)c(C(=O)P(O)O)c(C)c1. The summed E-state index contributed by atoms with van der Waals surface area (Å²) in [4.78, 5) is 29.2. The van der Waals surface area contributed by atoms with Gasteiger partial charge in [-0.25, -0.2) is 0 Å². The van der Waals surface area contributed by atoms with E-state index in [1.807, 2.05) is 19.1 Å². The quantitative estimate of drug-likeness (QED) is 0.737. The average molecular weight is 212 g/mol. The number of hydrogen-bond acceptors (Lipinski definition) is 3. The first kappa shape index (κ1) is 11.3. The fraction of sp³-hybridized carbons (Fsp3) is 0.300. The van der Waals surface area contributed by atoms with Crippen LogP contribution in [0.5, 0.6) is 0 Å². The normalized spacial score (nSPS) is 10.7. The highest BCUT2D eigenvalue weighted by molar-refractivity contribution is 7.65. The molecule has 2 N–H and O–H groups in total. The zero-order chi connectivity index (χ0) is 10.9. The highest BCUT2D eigenvalue weighted by Gasteiger charge is 2.19. The molecule has 0 aliphatic heterocycles. The summed E-state index contributed by atoms with van der Waals surface area (Å²) < 4.78 is 0. The third-order valence-electron chi connectivity index (χ3n) is 2.07. The fourth-order valence-electron chi connectivity index (χ4n) is 1.62. The summed E-state index contributed by atoms with van der Waals surface area (Å²) in [5.41, 5.74) is 2.52. The minimum absolute atomic E-state index is 0.437. The Labute approximate surface area is 84.3 Å². The van der Waals surface area contributed by atoms with Crippen molar-refractivity contribution in [2.24, 2.45) is 0 Å². The van der Waals surface area contributed by atoms with Gasteiger partial charge in [0, 0.05) is 5.56 Å². The molecule has 0 fully saturated rings. The minimum atomic E-state index is -2.52. The fourth-order valence-corrected chi connectivity index (χ4v) is 2.17. The number of carbonyl (C=O) groups excluding carboxylic acids is 1. The number of aryl methyl sites for hydroxylation is 3. The Morgan fingerprint density at radius 1 is 1.14 bits per heavy atom. The Morgan fingerprint density at radius 2 is 1.57 bits per heavy atom. The van der Waals surface area contributed by atoms with Gasteiger partial charge >= 0.3 is 0 Å². The van der Waals surface area contributed by atoms with Gasteiger partial charge in [-0.15, -0.1) is 0 Å². The maximum absolute atomic E-state index is 11.4. The zero-order valence-corrected chi connectivity index (χ0v) is 9.30. The maximum Gasteiger partial charge on any atom is 0.243 e. The number of hydrogen-bond donors (Lipinski definition) is 2. The number of carbonyl (C=O) groups is 1. The van der Waals surface area contributed by atoms with Crippen molar-refractivity contribution in [3.05, 3.63) is 34.4 Å². The number of benzene rings is 1. The Balaban J connectivity index is 3.28. The summed E-state index contributed by atoms with van der Waals surface area (Å²) in [7, 11) is -2.52. The van der Waals surface area contributed by atoms with E-state index >= 15 is 0 Å². The molecule has 0 unspecified atom stereocenters. The molecule has 0 aliphatic rings. The molecule has 1 aromatic carbocycles.